The SMILES string of the molecule is Cc1cc(=O)[nH]c(-c2cccc(NC(=O)c3csc(-c4ccccc4F)n3)c2)n1. The fourth-order valence-electron chi connectivity index (χ4n) is 2.79. The number of halogens is 1. The number of hydrogen-bond donors (Lipinski definition) is 2. The van der Waals surface area contributed by atoms with Gasteiger partial charge >= 0.3 is 0 Å². The number of aromatic nitrogens is 3. The number of thiazole rings is 1. The quantitative estimate of drug-likeness (QED) is 0.530. The summed E-state index contributed by atoms with van der Waals surface area (Å²) in [5.41, 5.74) is 2.09. The second kappa shape index (κ2) is 7.76. The molecule has 8 heteroatoms. The van der Waals surface area contributed by atoms with Crippen LogP contribution in [0.4, 0.5) is 10.1 Å². The molecule has 2 N–H and O–H groups in total. The number of anilines is 1. The van der Waals surface area contributed by atoms with Gasteiger partial charge in [-0.05, 0) is 31.2 Å². The van der Waals surface area contributed by atoms with Crippen molar-refractivity contribution in [3.8, 4) is 22.0 Å². The summed E-state index contributed by atoms with van der Waals surface area (Å²) in [6, 6.07) is 14.7. The molecule has 0 aliphatic carbocycles. The molecule has 0 aliphatic heterocycles. The molecule has 4 aromatic rings. The fourth-order valence-corrected chi connectivity index (χ4v) is 3.62. The number of carbonyl (C=O) groups excluding carboxylic acids is 1. The highest BCUT2D eigenvalue weighted by Crippen LogP contribution is 2.26. The summed E-state index contributed by atoms with van der Waals surface area (Å²) < 4.78 is 13.9. The van der Waals surface area contributed by atoms with Crippen molar-refractivity contribution in [3.05, 3.63) is 87.5 Å². The first-order valence-corrected chi connectivity index (χ1v) is 9.58. The van der Waals surface area contributed by atoms with Crippen LogP contribution in [0.5, 0.6) is 0 Å². The summed E-state index contributed by atoms with van der Waals surface area (Å²) in [5, 5.41) is 4.79. The second-order valence-electron chi connectivity index (χ2n) is 6.29. The van der Waals surface area contributed by atoms with Crippen LogP contribution in [-0.4, -0.2) is 20.9 Å². The number of nitrogens with one attached hydrogen (secondary N) is 2. The number of benzene rings is 2. The lowest BCUT2D eigenvalue weighted by Crippen LogP contribution is -2.12. The van der Waals surface area contributed by atoms with Crippen LogP contribution in [0.2, 0.25) is 0 Å². The van der Waals surface area contributed by atoms with Gasteiger partial charge in [0.05, 0.1) is 0 Å². The van der Waals surface area contributed by atoms with E-state index in [4.69, 9.17) is 0 Å². The number of amides is 1. The minimum atomic E-state index is -0.410. The summed E-state index contributed by atoms with van der Waals surface area (Å²) in [7, 11) is 0. The predicted octanol–water partition coefficient (Wildman–Crippen LogP) is 4.26. The van der Waals surface area contributed by atoms with E-state index >= 15 is 0 Å². The maximum Gasteiger partial charge on any atom is 0.275 e. The van der Waals surface area contributed by atoms with E-state index in [-0.39, 0.29) is 17.1 Å². The third-order valence-electron chi connectivity index (χ3n) is 4.10. The van der Waals surface area contributed by atoms with Crippen molar-refractivity contribution in [3.63, 3.8) is 0 Å². The molecule has 0 unspecified atom stereocenters. The number of H-pyrrole nitrogens is 1. The highest BCUT2D eigenvalue weighted by molar-refractivity contribution is 7.13. The molecule has 4 rings (SSSR count). The number of rotatable bonds is 4. The summed E-state index contributed by atoms with van der Waals surface area (Å²) in [5.74, 6) is -0.380. The molecule has 0 atom stereocenters. The average molecular weight is 406 g/mol. The highest BCUT2D eigenvalue weighted by atomic mass is 32.1. The Morgan fingerprint density at radius 1 is 1.10 bits per heavy atom. The van der Waals surface area contributed by atoms with Crippen LogP contribution in [-0.2, 0) is 0 Å². The van der Waals surface area contributed by atoms with Crippen LogP contribution in [0.3, 0.4) is 0 Å². The van der Waals surface area contributed by atoms with Crippen LogP contribution in [0.25, 0.3) is 22.0 Å². The minimum absolute atomic E-state index is 0.195. The Morgan fingerprint density at radius 2 is 1.93 bits per heavy atom. The van der Waals surface area contributed by atoms with Gasteiger partial charge in [0, 0.05) is 34.0 Å². The monoisotopic (exact) mass is 406 g/mol. The van der Waals surface area contributed by atoms with Crippen molar-refractivity contribution in [2.75, 3.05) is 5.32 Å². The number of aromatic amines is 1. The Hall–Kier alpha value is -3.65. The van der Waals surface area contributed by atoms with Gasteiger partial charge in [-0.25, -0.2) is 14.4 Å². The molecular formula is C21H15FN4O2S. The summed E-state index contributed by atoms with van der Waals surface area (Å²) >= 11 is 1.20. The Morgan fingerprint density at radius 3 is 2.72 bits per heavy atom. The first kappa shape index (κ1) is 18.7. The van der Waals surface area contributed by atoms with Gasteiger partial charge in [0.2, 0.25) is 0 Å². The van der Waals surface area contributed by atoms with Crippen LogP contribution in [0, 0.1) is 12.7 Å². The Balaban J connectivity index is 1.57. The third-order valence-corrected chi connectivity index (χ3v) is 4.98. The molecule has 0 spiro atoms. The smallest absolute Gasteiger partial charge is 0.275 e. The lowest BCUT2D eigenvalue weighted by atomic mass is 10.2. The molecule has 144 valence electrons. The average Bonchev–Trinajstić information content (AvgIpc) is 3.18. The standard InChI is InChI=1S/C21H15FN4O2S/c1-12-9-18(27)26-19(23-12)13-5-4-6-14(10-13)24-20(28)17-11-29-21(25-17)15-7-2-3-8-16(15)22/h2-11H,1H3,(H,24,28)(H,23,26,27). The van der Waals surface area contributed by atoms with Gasteiger partial charge in [0.25, 0.3) is 11.5 Å². The normalized spacial score (nSPS) is 10.7. The van der Waals surface area contributed by atoms with Crippen LogP contribution < -0.4 is 10.9 Å². The molecule has 2 aromatic heterocycles. The highest BCUT2D eigenvalue weighted by Gasteiger charge is 2.14. The zero-order valence-corrected chi connectivity index (χ0v) is 16.1. The van der Waals surface area contributed by atoms with Gasteiger partial charge in [-0.3, -0.25) is 9.59 Å². The van der Waals surface area contributed by atoms with Crippen molar-refractivity contribution in [2.24, 2.45) is 0 Å². The molecule has 6 nitrogen and oxygen atoms in total. The van der Waals surface area contributed by atoms with E-state index in [1.54, 1.807) is 54.8 Å². The predicted molar refractivity (Wildman–Crippen MR) is 110 cm³/mol. The van der Waals surface area contributed by atoms with Gasteiger partial charge in [-0.15, -0.1) is 11.3 Å². The summed E-state index contributed by atoms with van der Waals surface area (Å²) in [6.45, 7) is 1.74. The van der Waals surface area contributed by atoms with Gasteiger partial charge in [0.15, 0.2) is 0 Å². The zero-order valence-electron chi connectivity index (χ0n) is 15.3. The van der Waals surface area contributed by atoms with E-state index in [0.29, 0.717) is 33.3 Å². The maximum atomic E-state index is 13.9. The lowest BCUT2D eigenvalue weighted by molar-refractivity contribution is 0.102. The van der Waals surface area contributed by atoms with Crippen molar-refractivity contribution in [1.29, 1.82) is 0 Å². The van der Waals surface area contributed by atoms with E-state index in [2.05, 4.69) is 20.3 Å². The van der Waals surface area contributed by atoms with E-state index in [9.17, 15) is 14.0 Å². The Labute approximate surface area is 169 Å². The molecular weight excluding hydrogens is 391 g/mol. The summed E-state index contributed by atoms with van der Waals surface area (Å²) in [6.07, 6.45) is 0. The molecule has 0 saturated carbocycles. The van der Waals surface area contributed by atoms with Crippen LogP contribution in [0.15, 0.2) is 64.8 Å². The Bertz CT molecular complexity index is 1270. The fraction of sp³-hybridized carbons (Fsp3) is 0.0476. The molecule has 1 amide bonds. The third kappa shape index (κ3) is 4.12. The lowest BCUT2D eigenvalue weighted by Gasteiger charge is -2.06. The van der Waals surface area contributed by atoms with Crippen molar-refractivity contribution < 1.29 is 9.18 Å². The van der Waals surface area contributed by atoms with Crippen molar-refractivity contribution >= 4 is 22.9 Å². The van der Waals surface area contributed by atoms with E-state index in [1.165, 1.54) is 23.5 Å². The van der Waals surface area contributed by atoms with Crippen LogP contribution >= 0.6 is 11.3 Å². The van der Waals surface area contributed by atoms with Crippen molar-refractivity contribution in [1.82, 2.24) is 15.0 Å². The number of carbonyl (C=O) groups is 1. The minimum Gasteiger partial charge on any atom is -0.321 e. The first-order chi connectivity index (χ1) is 14.0. The molecule has 0 aliphatic rings. The number of hydrogen-bond acceptors (Lipinski definition) is 5. The number of aryl methyl sites for hydroxylation is 1. The van der Waals surface area contributed by atoms with Gasteiger partial charge in [0.1, 0.15) is 22.3 Å². The molecule has 0 bridgehead atoms. The van der Waals surface area contributed by atoms with E-state index in [1.807, 2.05) is 0 Å². The maximum absolute atomic E-state index is 13.9. The molecule has 0 fully saturated rings. The van der Waals surface area contributed by atoms with Gasteiger partial charge in [-0.2, -0.15) is 0 Å². The van der Waals surface area contributed by atoms with Gasteiger partial charge < -0.3 is 10.3 Å². The summed E-state index contributed by atoms with van der Waals surface area (Å²) in [4.78, 5) is 35.5. The largest absolute Gasteiger partial charge is 0.321 e. The van der Waals surface area contributed by atoms with Crippen LogP contribution in [0.1, 0.15) is 16.2 Å². The van der Waals surface area contributed by atoms with E-state index in [0.717, 1.165) is 0 Å². The molecule has 2 aromatic carbocycles. The Kier molecular flexibility index (Phi) is 5.01. The topological polar surface area (TPSA) is 87.7 Å². The molecule has 2 heterocycles. The molecule has 0 radical (unpaired) electrons. The van der Waals surface area contributed by atoms with Gasteiger partial charge in [-0.1, -0.05) is 24.3 Å². The zero-order chi connectivity index (χ0) is 20.4. The van der Waals surface area contributed by atoms with Crippen molar-refractivity contribution in [2.45, 2.75) is 6.92 Å². The van der Waals surface area contributed by atoms with E-state index < -0.39 is 5.91 Å². The second-order valence-corrected chi connectivity index (χ2v) is 7.15. The molecule has 0 saturated heterocycles. The number of nitrogens with zero attached hydrogens (tertiary/aromatic N) is 2. The first-order valence-electron chi connectivity index (χ1n) is 8.70. The molecule has 29 heavy (non-hydrogen) atoms.